The molecule has 2 fully saturated rings. The van der Waals surface area contributed by atoms with Gasteiger partial charge in [-0.15, -0.1) is 0 Å². The molecular formula is C21H26ClN5O2. The quantitative estimate of drug-likeness (QED) is 0.718. The first-order chi connectivity index (χ1) is 14.1. The predicted octanol–water partition coefficient (Wildman–Crippen LogP) is 2.16. The second-order valence-corrected chi connectivity index (χ2v) is 7.95. The molecule has 2 aromatic heterocycles. The van der Waals surface area contributed by atoms with E-state index in [2.05, 4.69) is 9.88 Å². The number of rotatable bonds is 4. The molecule has 2 amide bonds. The van der Waals surface area contributed by atoms with Crippen LogP contribution in [0.3, 0.4) is 0 Å². The number of hydrogen-bond donors (Lipinski definition) is 0. The fourth-order valence-corrected chi connectivity index (χ4v) is 4.19. The lowest BCUT2D eigenvalue weighted by Crippen LogP contribution is -2.51. The van der Waals surface area contributed by atoms with Crippen molar-refractivity contribution in [3.8, 4) is 0 Å². The maximum absolute atomic E-state index is 12.6. The third-order valence-electron chi connectivity index (χ3n) is 5.66. The highest BCUT2D eigenvalue weighted by Crippen LogP contribution is 2.19. The van der Waals surface area contributed by atoms with Crippen LogP contribution < -0.4 is 0 Å². The van der Waals surface area contributed by atoms with Crippen LogP contribution in [0.1, 0.15) is 25.0 Å². The third-order valence-corrected chi connectivity index (χ3v) is 5.94. The van der Waals surface area contributed by atoms with Gasteiger partial charge in [0.25, 0.3) is 0 Å². The molecule has 0 atom stereocenters. The number of piperidine rings is 1. The van der Waals surface area contributed by atoms with Gasteiger partial charge in [-0.2, -0.15) is 0 Å². The number of fused-ring (bicyclic) bond motifs is 1. The summed E-state index contributed by atoms with van der Waals surface area (Å²) in [5.74, 6) is 0.167. The molecule has 0 aromatic carbocycles. The van der Waals surface area contributed by atoms with Crippen LogP contribution in [0.25, 0.3) is 11.7 Å². The Morgan fingerprint density at radius 1 is 1.00 bits per heavy atom. The maximum atomic E-state index is 12.6. The van der Waals surface area contributed by atoms with Crippen molar-refractivity contribution in [1.29, 1.82) is 0 Å². The second kappa shape index (κ2) is 8.97. The summed E-state index contributed by atoms with van der Waals surface area (Å²) in [6.45, 7) is 4.90. The number of likely N-dealkylation sites (tertiary alicyclic amines) is 1. The van der Waals surface area contributed by atoms with Gasteiger partial charge in [-0.3, -0.25) is 18.9 Å². The van der Waals surface area contributed by atoms with Crippen molar-refractivity contribution in [3.05, 3.63) is 41.3 Å². The van der Waals surface area contributed by atoms with E-state index in [1.807, 2.05) is 38.6 Å². The number of amides is 2. The maximum Gasteiger partial charge on any atom is 0.246 e. The SMILES string of the molecule is O=C(/C=C/c1c(Cl)nc2ccccn12)N1CCN(CC(=O)N2CCCCC2)CC1. The molecule has 0 spiro atoms. The van der Waals surface area contributed by atoms with Gasteiger partial charge in [0.05, 0.1) is 12.2 Å². The lowest BCUT2D eigenvalue weighted by Gasteiger charge is -2.35. The summed E-state index contributed by atoms with van der Waals surface area (Å²) < 4.78 is 1.86. The van der Waals surface area contributed by atoms with Gasteiger partial charge in [0.2, 0.25) is 11.8 Å². The summed E-state index contributed by atoms with van der Waals surface area (Å²) in [6.07, 6.45) is 8.58. The number of carbonyl (C=O) groups is 2. The summed E-state index contributed by atoms with van der Waals surface area (Å²) in [5, 5.41) is 0.376. The number of hydrogen-bond acceptors (Lipinski definition) is 4. The summed E-state index contributed by atoms with van der Waals surface area (Å²) in [6, 6.07) is 5.66. The largest absolute Gasteiger partial charge is 0.342 e. The van der Waals surface area contributed by atoms with E-state index in [1.165, 1.54) is 6.42 Å². The predicted molar refractivity (Wildman–Crippen MR) is 113 cm³/mol. The van der Waals surface area contributed by atoms with Gasteiger partial charge >= 0.3 is 0 Å². The molecule has 0 radical (unpaired) electrons. The monoisotopic (exact) mass is 415 g/mol. The Morgan fingerprint density at radius 3 is 2.52 bits per heavy atom. The van der Waals surface area contributed by atoms with Gasteiger partial charge in [-0.25, -0.2) is 4.98 Å². The Morgan fingerprint density at radius 2 is 1.76 bits per heavy atom. The Labute approximate surface area is 175 Å². The minimum absolute atomic E-state index is 0.0473. The Hall–Kier alpha value is -2.38. The lowest BCUT2D eigenvalue weighted by molar-refractivity contribution is -0.134. The van der Waals surface area contributed by atoms with E-state index >= 15 is 0 Å². The molecule has 29 heavy (non-hydrogen) atoms. The van der Waals surface area contributed by atoms with Crippen LogP contribution in [0.2, 0.25) is 5.15 Å². The lowest BCUT2D eigenvalue weighted by atomic mass is 10.1. The minimum atomic E-state index is -0.0473. The molecular weight excluding hydrogens is 390 g/mol. The molecule has 4 heterocycles. The third kappa shape index (κ3) is 4.62. The number of piperazine rings is 1. The highest BCUT2D eigenvalue weighted by atomic mass is 35.5. The van der Waals surface area contributed by atoms with Gasteiger partial charge in [-0.05, 0) is 37.5 Å². The number of imidazole rings is 1. The molecule has 154 valence electrons. The summed E-state index contributed by atoms with van der Waals surface area (Å²) in [4.78, 5) is 35.2. The van der Waals surface area contributed by atoms with Crippen LogP contribution in [-0.4, -0.2) is 81.7 Å². The first-order valence-electron chi connectivity index (χ1n) is 10.2. The van der Waals surface area contributed by atoms with Gasteiger partial charge in [-0.1, -0.05) is 17.7 Å². The molecule has 0 N–H and O–H groups in total. The Balaban J connectivity index is 1.30. The number of carbonyl (C=O) groups excluding carboxylic acids is 2. The summed E-state index contributed by atoms with van der Waals surface area (Å²) in [5.41, 5.74) is 1.44. The molecule has 8 heteroatoms. The van der Waals surface area contributed by atoms with Crippen LogP contribution in [0.5, 0.6) is 0 Å². The summed E-state index contributed by atoms with van der Waals surface area (Å²) in [7, 11) is 0. The Kier molecular flexibility index (Phi) is 6.16. The van der Waals surface area contributed by atoms with Crippen molar-refractivity contribution in [3.63, 3.8) is 0 Å². The zero-order valence-corrected chi connectivity index (χ0v) is 17.2. The van der Waals surface area contributed by atoms with Crippen LogP contribution >= 0.6 is 11.6 Å². The Bertz CT molecular complexity index is 911. The van der Waals surface area contributed by atoms with E-state index in [1.54, 1.807) is 12.2 Å². The van der Waals surface area contributed by atoms with Crippen LogP contribution in [0, 0.1) is 0 Å². The molecule has 0 saturated carbocycles. The van der Waals surface area contributed by atoms with Crippen molar-refractivity contribution >= 4 is 35.1 Å². The molecule has 4 rings (SSSR count). The standard InChI is InChI=1S/C21H26ClN5O2/c22-21-17(27-11-5-2-6-18(27)23-21)7-8-19(28)26-14-12-24(13-15-26)16-20(29)25-9-3-1-4-10-25/h2,5-8,11H,1,3-4,9-10,12-16H2/b8-7+. The average Bonchev–Trinajstić information content (AvgIpc) is 3.08. The first-order valence-corrected chi connectivity index (χ1v) is 10.6. The molecule has 2 aromatic rings. The van der Waals surface area contributed by atoms with E-state index in [0.717, 1.165) is 44.7 Å². The van der Waals surface area contributed by atoms with Crippen molar-refractivity contribution in [2.45, 2.75) is 19.3 Å². The van der Waals surface area contributed by atoms with Crippen molar-refractivity contribution < 1.29 is 9.59 Å². The van der Waals surface area contributed by atoms with E-state index in [4.69, 9.17) is 11.6 Å². The van der Waals surface area contributed by atoms with Crippen molar-refractivity contribution in [1.82, 2.24) is 24.1 Å². The zero-order valence-electron chi connectivity index (χ0n) is 16.5. The van der Waals surface area contributed by atoms with E-state index in [-0.39, 0.29) is 11.8 Å². The normalized spacial score (nSPS) is 18.7. The molecule has 0 unspecified atom stereocenters. The number of pyridine rings is 1. The molecule has 0 bridgehead atoms. The van der Waals surface area contributed by atoms with Crippen LogP contribution in [0.4, 0.5) is 0 Å². The summed E-state index contributed by atoms with van der Waals surface area (Å²) >= 11 is 6.22. The van der Waals surface area contributed by atoms with E-state index < -0.39 is 0 Å². The molecule has 2 aliphatic rings. The van der Waals surface area contributed by atoms with Crippen LogP contribution in [-0.2, 0) is 9.59 Å². The van der Waals surface area contributed by atoms with Crippen molar-refractivity contribution in [2.24, 2.45) is 0 Å². The smallest absolute Gasteiger partial charge is 0.246 e. The van der Waals surface area contributed by atoms with Gasteiger partial charge in [0.15, 0.2) is 5.15 Å². The van der Waals surface area contributed by atoms with Crippen LogP contribution in [0.15, 0.2) is 30.5 Å². The highest BCUT2D eigenvalue weighted by Gasteiger charge is 2.24. The van der Waals surface area contributed by atoms with E-state index in [9.17, 15) is 9.59 Å². The minimum Gasteiger partial charge on any atom is -0.342 e. The highest BCUT2D eigenvalue weighted by molar-refractivity contribution is 6.31. The fourth-order valence-electron chi connectivity index (χ4n) is 3.95. The average molecular weight is 416 g/mol. The number of halogens is 1. The molecule has 2 saturated heterocycles. The first kappa shape index (κ1) is 19.9. The topological polar surface area (TPSA) is 61.2 Å². The number of nitrogens with zero attached hydrogens (tertiary/aromatic N) is 5. The van der Waals surface area contributed by atoms with E-state index in [0.29, 0.717) is 30.5 Å². The zero-order chi connectivity index (χ0) is 20.2. The molecule has 7 nitrogen and oxygen atoms in total. The van der Waals surface area contributed by atoms with Crippen molar-refractivity contribution in [2.75, 3.05) is 45.8 Å². The van der Waals surface area contributed by atoms with Gasteiger partial charge in [0.1, 0.15) is 5.65 Å². The van der Waals surface area contributed by atoms with Gasteiger partial charge in [0, 0.05) is 51.5 Å². The molecule has 2 aliphatic heterocycles. The molecule has 0 aliphatic carbocycles. The van der Waals surface area contributed by atoms with Gasteiger partial charge < -0.3 is 9.80 Å². The second-order valence-electron chi connectivity index (χ2n) is 7.59. The fraction of sp³-hybridized carbons (Fsp3) is 0.476. The number of aromatic nitrogens is 2.